The first-order valence-corrected chi connectivity index (χ1v) is 5.55. The van der Waals surface area contributed by atoms with Crippen molar-refractivity contribution in [1.29, 1.82) is 0 Å². The maximum atomic E-state index is 10.7. The molecular weight excluding hydrogens is 180 g/mol. The van der Waals surface area contributed by atoms with Crippen LogP contribution in [0.2, 0.25) is 0 Å². The lowest BCUT2D eigenvalue weighted by Crippen LogP contribution is -2.48. The average Bonchev–Trinajstić information content (AvgIpc) is 2.23. The molecule has 0 aromatic rings. The van der Waals surface area contributed by atoms with Crippen molar-refractivity contribution in [3.05, 3.63) is 0 Å². The molecule has 3 nitrogen and oxygen atoms in total. The minimum atomic E-state index is -0.513. The van der Waals surface area contributed by atoms with E-state index in [0.29, 0.717) is 6.42 Å². The first kappa shape index (κ1) is 10.1. The van der Waals surface area contributed by atoms with Crippen molar-refractivity contribution in [2.75, 3.05) is 0 Å². The normalized spacial score (nSPS) is 48.3. The van der Waals surface area contributed by atoms with Crippen LogP contribution < -0.4 is 0 Å². The summed E-state index contributed by atoms with van der Waals surface area (Å²) < 4.78 is 0. The Labute approximate surface area is 84.1 Å². The molecule has 5 unspecified atom stereocenters. The average molecular weight is 198 g/mol. The van der Waals surface area contributed by atoms with Crippen molar-refractivity contribution in [3.63, 3.8) is 0 Å². The van der Waals surface area contributed by atoms with E-state index in [0.717, 1.165) is 32.0 Å². The van der Waals surface area contributed by atoms with Gasteiger partial charge in [0, 0.05) is 5.92 Å². The summed E-state index contributed by atoms with van der Waals surface area (Å²) in [7, 11) is 0. The fourth-order valence-electron chi connectivity index (χ4n) is 3.14. The molecule has 2 aliphatic rings. The number of hydrogen-bond acceptors (Lipinski definition) is 3. The molecule has 0 amide bonds. The van der Waals surface area contributed by atoms with Crippen LogP contribution in [-0.2, 0) is 4.79 Å². The molecule has 14 heavy (non-hydrogen) atoms. The third-order valence-corrected chi connectivity index (χ3v) is 3.93. The van der Waals surface area contributed by atoms with Crippen LogP contribution in [0.5, 0.6) is 0 Å². The van der Waals surface area contributed by atoms with E-state index in [1.807, 2.05) is 0 Å². The zero-order valence-corrected chi connectivity index (χ0v) is 8.30. The summed E-state index contributed by atoms with van der Waals surface area (Å²) in [6.45, 7) is 0. The van der Waals surface area contributed by atoms with E-state index in [1.54, 1.807) is 0 Å². The zero-order valence-electron chi connectivity index (χ0n) is 8.30. The summed E-state index contributed by atoms with van der Waals surface area (Å²) in [6.07, 6.45) is 4.61. The fourth-order valence-corrected chi connectivity index (χ4v) is 3.14. The minimum absolute atomic E-state index is 0.155. The highest BCUT2D eigenvalue weighted by atomic mass is 16.3. The number of carbonyl (C=O) groups is 1. The summed E-state index contributed by atoms with van der Waals surface area (Å²) in [4.78, 5) is 10.7. The standard InChI is InChI=1S/C11H18O3/c12-6-7-5-10(13)8-3-1-2-4-9(8)11(7)14/h6-11,13-14H,1-5H2. The van der Waals surface area contributed by atoms with E-state index in [4.69, 9.17) is 0 Å². The van der Waals surface area contributed by atoms with E-state index in [-0.39, 0.29) is 23.9 Å². The predicted octanol–water partition coefficient (Wildman–Crippen LogP) is 0.733. The molecule has 0 spiro atoms. The Balaban J connectivity index is 2.12. The summed E-state index contributed by atoms with van der Waals surface area (Å²) in [5.41, 5.74) is 0. The maximum absolute atomic E-state index is 10.7. The van der Waals surface area contributed by atoms with E-state index in [2.05, 4.69) is 0 Å². The quantitative estimate of drug-likeness (QED) is 0.611. The Bertz CT molecular complexity index is 217. The van der Waals surface area contributed by atoms with E-state index >= 15 is 0 Å². The molecule has 2 aliphatic carbocycles. The van der Waals surface area contributed by atoms with Crippen molar-refractivity contribution in [2.24, 2.45) is 17.8 Å². The first-order chi connectivity index (χ1) is 6.74. The highest BCUT2D eigenvalue weighted by molar-refractivity contribution is 5.55. The number of fused-ring (bicyclic) bond motifs is 1. The smallest absolute Gasteiger partial charge is 0.125 e. The van der Waals surface area contributed by atoms with Gasteiger partial charge in [-0.3, -0.25) is 0 Å². The van der Waals surface area contributed by atoms with Crippen molar-refractivity contribution in [2.45, 2.75) is 44.3 Å². The lowest BCUT2D eigenvalue weighted by molar-refractivity contribution is -0.130. The molecule has 2 rings (SSSR count). The number of hydrogen-bond donors (Lipinski definition) is 2. The molecular formula is C11H18O3. The Morgan fingerprint density at radius 2 is 1.71 bits per heavy atom. The number of rotatable bonds is 1. The summed E-state index contributed by atoms with van der Waals surface area (Å²) >= 11 is 0. The van der Waals surface area contributed by atoms with Crippen LogP contribution in [0.25, 0.3) is 0 Å². The van der Waals surface area contributed by atoms with E-state index in [9.17, 15) is 15.0 Å². The van der Waals surface area contributed by atoms with Crippen molar-refractivity contribution >= 4 is 6.29 Å². The highest BCUT2D eigenvalue weighted by Crippen LogP contribution is 2.42. The predicted molar refractivity (Wildman–Crippen MR) is 51.6 cm³/mol. The van der Waals surface area contributed by atoms with Gasteiger partial charge in [0.2, 0.25) is 0 Å². The van der Waals surface area contributed by atoms with Gasteiger partial charge in [-0.15, -0.1) is 0 Å². The molecule has 2 N–H and O–H groups in total. The van der Waals surface area contributed by atoms with Gasteiger partial charge in [0.1, 0.15) is 6.29 Å². The van der Waals surface area contributed by atoms with Crippen molar-refractivity contribution in [3.8, 4) is 0 Å². The molecule has 0 radical (unpaired) electrons. The number of aliphatic hydroxyl groups is 2. The topological polar surface area (TPSA) is 57.5 Å². The second-order valence-corrected chi connectivity index (χ2v) is 4.71. The molecule has 3 heteroatoms. The van der Waals surface area contributed by atoms with Crippen molar-refractivity contribution < 1.29 is 15.0 Å². The number of aldehydes is 1. The molecule has 0 aromatic carbocycles. The molecule has 80 valence electrons. The van der Waals surface area contributed by atoms with E-state index in [1.165, 1.54) is 0 Å². The van der Waals surface area contributed by atoms with Gasteiger partial charge < -0.3 is 15.0 Å². The van der Waals surface area contributed by atoms with E-state index < -0.39 is 6.10 Å². The Morgan fingerprint density at radius 1 is 1.07 bits per heavy atom. The third-order valence-electron chi connectivity index (χ3n) is 3.93. The SMILES string of the molecule is O=CC1CC(O)C2CCCCC2C1O. The number of carbonyl (C=O) groups excluding carboxylic acids is 1. The van der Waals surface area contributed by atoms with Crippen molar-refractivity contribution in [1.82, 2.24) is 0 Å². The lowest BCUT2D eigenvalue weighted by atomic mass is 9.65. The Kier molecular flexibility index (Phi) is 2.88. The van der Waals surface area contributed by atoms with Gasteiger partial charge in [-0.2, -0.15) is 0 Å². The van der Waals surface area contributed by atoms with Crippen LogP contribution in [0, 0.1) is 17.8 Å². The molecule has 2 saturated carbocycles. The second-order valence-electron chi connectivity index (χ2n) is 4.71. The summed E-state index contributed by atoms with van der Waals surface area (Å²) in [5.74, 6) is 0.0435. The van der Waals surface area contributed by atoms with Crippen LogP contribution in [0.15, 0.2) is 0 Å². The van der Waals surface area contributed by atoms with Gasteiger partial charge in [0.25, 0.3) is 0 Å². The van der Waals surface area contributed by atoms with Crippen LogP contribution in [0.4, 0.5) is 0 Å². The van der Waals surface area contributed by atoms with Gasteiger partial charge in [-0.25, -0.2) is 0 Å². The molecule has 0 aliphatic heterocycles. The highest BCUT2D eigenvalue weighted by Gasteiger charge is 2.43. The van der Waals surface area contributed by atoms with Crippen LogP contribution >= 0.6 is 0 Å². The third kappa shape index (κ3) is 1.59. The molecule has 0 aromatic heterocycles. The lowest BCUT2D eigenvalue weighted by Gasteiger charge is -2.44. The van der Waals surface area contributed by atoms with Gasteiger partial charge in [0.15, 0.2) is 0 Å². The molecule has 0 saturated heterocycles. The summed E-state index contributed by atoms with van der Waals surface area (Å²) in [6, 6.07) is 0. The zero-order chi connectivity index (χ0) is 10.1. The molecule has 0 heterocycles. The number of aliphatic hydroxyl groups excluding tert-OH is 2. The maximum Gasteiger partial charge on any atom is 0.125 e. The van der Waals surface area contributed by atoms with Gasteiger partial charge in [-0.05, 0) is 31.1 Å². The van der Waals surface area contributed by atoms with Crippen LogP contribution in [0.3, 0.4) is 0 Å². The Hall–Kier alpha value is -0.410. The van der Waals surface area contributed by atoms with Gasteiger partial charge in [0.05, 0.1) is 12.2 Å². The largest absolute Gasteiger partial charge is 0.393 e. The molecule has 0 bridgehead atoms. The van der Waals surface area contributed by atoms with Crippen LogP contribution in [0.1, 0.15) is 32.1 Å². The minimum Gasteiger partial charge on any atom is -0.393 e. The molecule has 5 atom stereocenters. The summed E-state index contributed by atoms with van der Waals surface area (Å²) in [5, 5.41) is 19.8. The van der Waals surface area contributed by atoms with Gasteiger partial charge in [-0.1, -0.05) is 12.8 Å². The first-order valence-electron chi connectivity index (χ1n) is 5.55. The van der Waals surface area contributed by atoms with Gasteiger partial charge >= 0.3 is 0 Å². The second kappa shape index (κ2) is 3.99. The monoisotopic (exact) mass is 198 g/mol. The molecule has 2 fully saturated rings. The fraction of sp³-hybridized carbons (Fsp3) is 0.909. The van der Waals surface area contributed by atoms with Crippen LogP contribution in [-0.4, -0.2) is 28.7 Å². The Morgan fingerprint density at radius 3 is 2.36 bits per heavy atom.